The summed E-state index contributed by atoms with van der Waals surface area (Å²) in [6.45, 7) is 0.0312. The molecule has 0 fully saturated rings. The molecule has 5 heterocycles. The lowest BCUT2D eigenvalue weighted by molar-refractivity contribution is 0.464. The summed E-state index contributed by atoms with van der Waals surface area (Å²) in [5.41, 5.74) is 11.9. The average Bonchev–Trinajstić information content (AvgIpc) is 3.80. The Bertz CT molecular complexity index is 2990. The first-order valence-electron chi connectivity index (χ1n) is 16.9. The van der Waals surface area contributed by atoms with Crippen molar-refractivity contribution in [3.8, 4) is 34.4 Å². The van der Waals surface area contributed by atoms with Crippen LogP contribution in [0.25, 0.3) is 61.0 Å². The van der Waals surface area contributed by atoms with E-state index in [1.165, 1.54) is 5.39 Å². The van der Waals surface area contributed by atoms with Gasteiger partial charge >= 0.3 is 0 Å². The van der Waals surface area contributed by atoms with E-state index in [4.69, 9.17) is 14.5 Å². The number of aromatic nitrogens is 4. The Morgan fingerprint density at radius 3 is 1.80 bits per heavy atom. The van der Waals surface area contributed by atoms with Crippen molar-refractivity contribution in [1.29, 1.82) is 0 Å². The van der Waals surface area contributed by atoms with Gasteiger partial charge < -0.3 is 14.0 Å². The molecule has 232 valence electrons. The van der Waals surface area contributed by atoms with E-state index >= 15 is 0 Å². The van der Waals surface area contributed by atoms with Crippen LogP contribution in [-0.2, 0) is 0 Å². The molecule has 7 aromatic carbocycles. The van der Waals surface area contributed by atoms with Crippen LogP contribution in [0.1, 0.15) is 0 Å². The van der Waals surface area contributed by atoms with E-state index in [1.54, 1.807) is 0 Å². The van der Waals surface area contributed by atoms with Gasteiger partial charge in [-0.2, -0.15) is 0 Å². The van der Waals surface area contributed by atoms with Gasteiger partial charge in [0, 0.05) is 34.1 Å². The van der Waals surface area contributed by atoms with Gasteiger partial charge in [-0.25, -0.2) is 4.98 Å². The second-order valence-corrected chi connectivity index (χ2v) is 13.2. The third-order valence-electron chi connectivity index (χ3n) is 10.5. The van der Waals surface area contributed by atoms with Gasteiger partial charge in [0.1, 0.15) is 23.0 Å². The van der Waals surface area contributed by atoms with Gasteiger partial charge in [0.25, 0.3) is 6.71 Å². The number of ether oxygens (including phenoxy) is 2. The van der Waals surface area contributed by atoms with Gasteiger partial charge in [-0.3, -0.25) is 8.97 Å². The molecule has 12 rings (SSSR count). The van der Waals surface area contributed by atoms with Crippen molar-refractivity contribution in [2.75, 3.05) is 0 Å². The molecule has 3 aromatic heterocycles. The van der Waals surface area contributed by atoms with E-state index in [0.29, 0.717) is 0 Å². The minimum atomic E-state index is 0.0312. The summed E-state index contributed by atoms with van der Waals surface area (Å²) in [6, 6.07) is 53.3. The van der Waals surface area contributed by atoms with Gasteiger partial charge in [0.2, 0.25) is 5.78 Å². The predicted molar refractivity (Wildman–Crippen MR) is 202 cm³/mol. The summed E-state index contributed by atoms with van der Waals surface area (Å²) in [5, 5.41) is 2.31. The Hall–Kier alpha value is -6.73. The van der Waals surface area contributed by atoms with Gasteiger partial charge in [0.15, 0.2) is 0 Å². The normalized spacial score (nSPS) is 13.1. The summed E-state index contributed by atoms with van der Waals surface area (Å²) in [5.74, 6) is 4.29. The molecule has 2 aliphatic rings. The molecule has 0 atom stereocenters. The van der Waals surface area contributed by atoms with Crippen LogP contribution in [-0.4, -0.2) is 25.2 Å². The fraction of sp³-hybridized carbons (Fsp3) is 0. The van der Waals surface area contributed by atoms with Gasteiger partial charge in [-0.05, 0) is 65.5 Å². The van der Waals surface area contributed by atoms with Gasteiger partial charge in [-0.15, -0.1) is 0 Å². The molecule has 0 saturated carbocycles. The van der Waals surface area contributed by atoms with Crippen LogP contribution in [0.2, 0.25) is 0 Å². The number of rotatable bonds is 2. The van der Waals surface area contributed by atoms with Crippen LogP contribution in [0.4, 0.5) is 0 Å². The highest BCUT2D eigenvalue weighted by Gasteiger charge is 2.40. The Morgan fingerprint density at radius 1 is 0.440 bits per heavy atom. The zero-order chi connectivity index (χ0) is 32.5. The number of nitrogens with zero attached hydrogens (tertiary/aromatic N) is 4. The molecule has 7 heteroatoms. The minimum Gasteiger partial charge on any atom is -0.458 e. The van der Waals surface area contributed by atoms with Crippen LogP contribution < -0.4 is 25.9 Å². The number of benzene rings is 7. The van der Waals surface area contributed by atoms with Crippen LogP contribution in [0.3, 0.4) is 0 Å². The zero-order valence-corrected chi connectivity index (χ0v) is 26.6. The third kappa shape index (κ3) is 3.35. The maximum Gasteiger partial charge on any atom is 0.260 e. The van der Waals surface area contributed by atoms with Crippen molar-refractivity contribution < 1.29 is 9.47 Å². The Balaban J connectivity index is 1.16. The maximum absolute atomic E-state index is 6.70. The fourth-order valence-corrected chi connectivity index (χ4v) is 8.48. The number of imidazole rings is 2. The molecule has 2 aliphatic heterocycles. The third-order valence-corrected chi connectivity index (χ3v) is 10.5. The van der Waals surface area contributed by atoms with E-state index < -0.39 is 0 Å². The molecule has 0 unspecified atom stereocenters. The zero-order valence-electron chi connectivity index (χ0n) is 26.6. The van der Waals surface area contributed by atoms with E-state index in [1.807, 2.05) is 18.2 Å². The van der Waals surface area contributed by atoms with Crippen LogP contribution >= 0.6 is 0 Å². The standard InChI is InChI=1S/C43H25BN4O2/c1-2-12-26(13-3-1)47-34-18-8-9-19-35(34)48-37-25-36-29(24-32(37)45-43(47)48)28-14-4-7-17-33(28)46(36)27-22-40-42-41(23-27)50-39-21-11-6-16-31(39)44(42)30-15-5-10-20-38(30)49-40/h1-25H. The largest absolute Gasteiger partial charge is 0.458 e. The molecule has 0 spiro atoms. The van der Waals surface area contributed by atoms with Crippen molar-refractivity contribution in [2.24, 2.45) is 0 Å². The summed E-state index contributed by atoms with van der Waals surface area (Å²) >= 11 is 0. The predicted octanol–water partition coefficient (Wildman–Crippen LogP) is 8.26. The van der Waals surface area contributed by atoms with Crippen molar-refractivity contribution in [2.45, 2.75) is 0 Å². The number of fused-ring (bicyclic) bond motifs is 12. The highest BCUT2D eigenvalue weighted by Crippen LogP contribution is 2.41. The molecule has 0 amide bonds. The average molecular weight is 641 g/mol. The Morgan fingerprint density at radius 2 is 1.06 bits per heavy atom. The van der Waals surface area contributed by atoms with E-state index in [9.17, 15) is 0 Å². The summed E-state index contributed by atoms with van der Waals surface area (Å²) < 4.78 is 20.3. The number of hydrogen-bond donors (Lipinski definition) is 0. The maximum atomic E-state index is 6.70. The Labute approximate surface area is 286 Å². The van der Waals surface area contributed by atoms with E-state index in [-0.39, 0.29) is 6.71 Å². The SMILES string of the molecule is c1ccc(-n2c3ccccc3n3c4cc5c(cc4nc23)c2ccccc2n5-c2cc3c4c(c2)Oc2ccccc2B4c2ccccc2O3)cc1. The first-order valence-corrected chi connectivity index (χ1v) is 16.9. The Kier molecular flexibility index (Phi) is 4.96. The first kappa shape index (κ1) is 26.3. The van der Waals surface area contributed by atoms with Crippen molar-refractivity contribution in [3.05, 3.63) is 152 Å². The fourth-order valence-electron chi connectivity index (χ4n) is 8.48. The minimum absolute atomic E-state index is 0.0312. The molecule has 10 aromatic rings. The second-order valence-electron chi connectivity index (χ2n) is 13.2. The van der Waals surface area contributed by atoms with E-state index in [2.05, 4.69) is 147 Å². The van der Waals surface area contributed by atoms with E-state index in [0.717, 1.165) is 95.0 Å². The molecule has 6 nitrogen and oxygen atoms in total. The molecule has 0 N–H and O–H groups in total. The van der Waals surface area contributed by atoms with Crippen molar-refractivity contribution in [1.82, 2.24) is 18.5 Å². The highest BCUT2D eigenvalue weighted by molar-refractivity contribution is 6.98. The number of para-hydroxylation sites is 6. The molecular formula is C43H25BN4O2. The van der Waals surface area contributed by atoms with Gasteiger partial charge in [0.05, 0.1) is 38.8 Å². The molecule has 50 heavy (non-hydrogen) atoms. The van der Waals surface area contributed by atoms with Crippen molar-refractivity contribution >= 4 is 72.8 Å². The lowest BCUT2D eigenvalue weighted by Crippen LogP contribution is -2.57. The smallest absolute Gasteiger partial charge is 0.260 e. The van der Waals surface area contributed by atoms with Crippen LogP contribution in [0, 0.1) is 0 Å². The highest BCUT2D eigenvalue weighted by atomic mass is 16.5. The lowest BCUT2D eigenvalue weighted by atomic mass is 9.35. The summed E-state index contributed by atoms with van der Waals surface area (Å²) in [6.07, 6.45) is 0. The van der Waals surface area contributed by atoms with Crippen molar-refractivity contribution in [3.63, 3.8) is 0 Å². The quantitative estimate of drug-likeness (QED) is 0.179. The first-order chi connectivity index (χ1) is 24.8. The monoisotopic (exact) mass is 640 g/mol. The molecule has 0 saturated heterocycles. The molecule has 0 bridgehead atoms. The summed E-state index contributed by atoms with van der Waals surface area (Å²) in [4.78, 5) is 5.29. The van der Waals surface area contributed by atoms with Crippen LogP contribution in [0.5, 0.6) is 23.0 Å². The molecule has 0 radical (unpaired) electrons. The second kappa shape index (κ2) is 9.46. The number of hydrogen-bond acceptors (Lipinski definition) is 3. The summed E-state index contributed by atoms with van der Waals surface area (Å²) in [7, 11) is 0. The molecular weight excluding hydrogens is 615 g/mol. The lowest BCUT2D eigenvalue weighted by Gasteiger charge is -2.33. The van der Waals surface area contributed by atoms with Gasteiger partial charge in [-0.1, -0.05) is 84.9 Å². The van der Waals surface area contributed by atoms with Crippen LogP contribution in [0.15, 0.2) is 152 Å². The topological polar surface area (TPSA) is 45.6 Å². The molecule has 0 aliphatic carbocycles.